The smallest absolute Gasteiger partial charge is 0.222 e. The van der Waals surface area contributed by atoms with Crippen molar-refractivity contribution < 1.29 is 19.7 Å². The minimum absolute atomic E-state index is 0.100. The quantitative estimate of drug-likeness (QED) is 0.425. The van der Waals surface area contributed by atoms with Gasteiger partial charge in [0.25, 0.3) is 0 Å². The van der Waals surface area contributed by atoms with Crippen LogP contribution in [0.25, 0.3) is 0 Å². The molecule has 1 fully saturated rings. The molecule has 0 aromatic carbocycles. The second-order valence-corrected chi connectivity index (χ2v) is 2.34. The molecule has 0 bridgehead atoms. The van der Waals surface area contributed by atoms with E-state index in [1.54, 1.807) is 0 Å². The molecule has 0 aliphatic carbocycles. The highest BCUT2D eigenvalue weighted by Crippen LogP contribution is 2.16. The third kappa shape index (κ3) is 2.83. The van der Waals surface area contributed by atoms with Crippen molar-refractivity contribution >= 4 is 5.91 Å². The van der Waals surface area contributed by atoms with E-state index in [4.69, 9.17) is 10.2 Å². The SMILES string of the molecule is O=C(CCO)NCC1OC1O. The van der Waals surface area contributed by atoms with Crippen LogP contribution in [0.15, 0.2) is 0 Å². The molecule has 1 aliphatic heterocycles. The first-order valence-electron chi connectivity index (χ1n) is 3.45. The molecule has 1 heterocycles. The Morgan fingerprint density at radius 1 is 1.64 bits per heavy atom. The maximum Gasteiger partial charge on any atom is 0.222 e. The zero-order valence-corrected chi connectivity index (χ0v) is 5.99. The second kappa shape index (κ2) is 3.66. The summed E-state index contributed by atoms with van der Waals surface area (Å²) in [7, 11) is 0. The molecule has 64 valence electrons. The number of nitrogens with one attached hydrogen (secondary N) is 1. The summed E-state index contributed by atoms with van der Waals surface area (Å²) < 4.78 is 4.62. The van der Waals surface area contributed by atoms with E-state index in [0.717, 1.165) is 0 Å². The van der Waals surface area contributed by atoms with Gasteiger partial charge in [-0.05, 0) is 0 Å². The van der Waals surface area contributed by atoms with Crippen LogP contribution in [-0.2, 0) is 9.53 Å². The van der Waals surface area contributed by atoms with Gasteiger partial charge in [-0.15, -0.1) is 0 Å². The summed E-state index contributed by atoms with van der Waals surface area (Å²) in [6.45, 7) is 0.167. The van der Waals surface area contributed by atoms with Crippen LogP contribution in [0.3, 0.4) is 0 Å². The van der Waals surface area contributed by atoms with Crippen molar-refractivity contribution in [2.24, 2.45) is 0 Å². The Balaban J connectivity index is 1.98. The number of epoxide rings is 1. The average Bonchev–Trinajstić information content (AvgIpc) is 2.63. The predicted octanol–water partition coefficient (Wildman–Crippen LogP) is -1.80. The fourth-order valence-electron chi connectivity index (χ4n) is 0.687. The highest BCUT2D eigenvalue weighted by atomic mass is 16.7. The van der Waals surface area contributed by atoms with E-state index in [2.05, 4.69) is 10.1 Å². The molecule has 0 saturated carbocycles. The number of ether oxygens (including phenoxy) is 1. The molecule has 1 rings (SSSR count). The number of aliphatic hydroxyl groups is 2. The van der Waals surface area contributed by atoms with Gasteiger partial charge < -0.3 is 20.3 Å². The molecule has 5 heteroatoms. The summed E-state index contributed by atoms with van der Waals surface area (Å²) in [6, 6.07) is 0. The van der Waals surface area contributed by atoms with Gasteiger partial charge in [-0.1, -0.05) is 0 Å². The Kier molecular flexibility index (Phi) is 2.81. The molecule has 5 nitrogen and oxygen atoms in total. The topological polar surface area (TPSA) is 82.1 Å². The molecule has 3 N–H and O–H groups in total. The molecular weight excluding hydrogens is 150 g/mol. The first-order chi connectivity index (χ1) is 5.24. The van der Waals surface area contributed by atoms with E-state index in [1.807, 2.05) is 0 Å². The van der Waals surface area contributed by atoms with Gasteiger partial charge in [0.1, 0.15) is 6.10 Å². The van der Waals surface area contributed by atoms with Gasteiger partial charge in [-0.2, -0.15) is 0 Å². The summed E-state index contributed by atoms with van der Waals surface area (Å²) in [6.07, 6.45) is -0.870. The van der Waals surface area contributed by atoms with Crippen LogP contribution in [0.4, 0.5) is 0 Å². The lowest BCUT2D eigenvalue weighted by atomic mass is 10.4. The Bertz CT molecular complexity index is 150. The van der Waals surface area contributed by atoms with Crippen LogP contribution < -0.4 is 5.32 Å². The standard InChI is InChI=1S/C6H11NO4/c8-2-1-5(9)7-3-4-6(10)11-4/h4,6,8,10H,1-3H2,(H,7,9). The molecule has 1 aliphatic rings. The number of hydrogen-bond acceptors (Lipinski definition) is 4. The lowest BCUT2D eigenvalue weighted by Gasteiger charge is -1.99. The highest BCUT2D eigenvalue weighted by molar-refractivity contribution is 5.75. The molecule has 2 atom stereocenters. The van der Waals surface area contributed by atoms with Crippen LogP contribution >= 0.6 is 0 Å². The predicted molar refractivity (Wildman–Crippen MR) is 35.6 cm³/mol. The van der Waals surface area contributed by atoms with E-state index >= 15 is 0 Å². The van der Waals surface area contributed by atoms with Gasteiger partial charge in [0.2, 0.25) is 5.91 Å². The summed E-state index contributed by atoms with van der Waals surface area (Å²) in [5.74, 6) is -0.227. The third-order valence-electron chi connectivity index (χ3n) is 1.39. The molecule has 11 heavy (non-hydrogen) atoms. The summed E-state index contributed by atoms with van der Waals surface area (Å²) in [5, 5.41) is 19.5. The zero-order valence-electron chi connectivity index (χ0n) is 5.99. The molecule has 1 amide bonds. The van der Waals surface area contributed by atoms with Crippen LogP contribution in [0, 0.1) is 0 Å². The lowest BCUT2D eigenvalue weighted by Crippen LogP contribution is -2.28. The van der Waals surface area contributed by atoms with Crippen LogP contribution in [0.5, 0.6) is 0 Å². The van der Waals surface area contributed by atoms with E-state index < -0.39 is 6.29 Å². The first-order valence-corrected chi connectivity index (χ1v) is 3.45. The van der Waals surface area contributed by atoms with Gasteiger partial charge in [0.15, 0.2) is 6.29 Å². The van der Waals surface area contributed by atoms with Crippen LogP contribution in [-0.4, -0.2) is 41.7 Å². The van der Waals surface area contributed by atoms with E-state index in [9.17, 15) is 4.79 Å². The molecule has 0 radical (unpaired) electrons. The van der Waals surface area contributed by atoms with E-state index in [-0.39, 0.29) is 25.0 Å². The Morgan fingerprint density at radius 3 is 2.73 bits per heavy atom. The minimum Gasteiger partial charge on any atom is -0.396 e. The lowest BCUT2D eigenvalue weighted by molar-refractivity contribution is -0.121. The maximum atomic E-state index is 10.7. The Labute approximate surface area is 64.0 Å². The highest BCUT2D eigenvalue weighted by Gasteiger charge is 2.36. The van der Waals surface area contributed by atoms with Gasteiger partial charge in [-0.25, -0.2) is 0 Å². The first kappa shape index (κ1) is 8.45. The Hall–Kier alpha value is -0.650. The number of hydrogen-bond donors (Lipinski definition) is 3. The number of amides is 1. The molecule has 0 aromatic rings. The molecule has 0 spiro atoms. The summed E-state index contributed by atoms with van der Waals surface area (Å²) in [4.78, 5) is 10.7. The number of carbonyl (C=O) groups excluding carboxylic acids is 1. The number of rotatable bonds is 4. The van der Waals surface area contributed by atoms with Crippen molar-refractivity contribution in [2.75, 3.05) is 13.2 Å². The van der Waals surface area contributed by atoms with Crippen molar-refractivity contribution in [3.05, 3.63) is 0 Å². The average molecular weight is 161 g/mol. The molecule has 0 aromatic heterocycles. The minimum atomic E-state index is -0.718. The largest absolute Gasteiger partial charge is 0.396 e. The summed E-state index contributed by atoms with van der Waals surface area (Å²) in [5.41, 5.74) is 0. The second-order valence-electron chi connectivity index (χ2n) is 2.34. The number of aliphatic hydroxyl groups excluding tert-OH is 2. The van der Waals surface area contributed by atoms with E-state index in [0.29, 0.717) is 6.54 Å². The maximum absolute atomic E-state index is 10.7. The third-order valence-corrected chi connectivity index (χ3v) is 1.39. The van der Waals surface area contributed by atoms with Gasteiger partial charge in [-0.3, -0.25) is 4.79 Å². The van der Waals surface area contributed by atoms with Crippen LogP contribution in [0.2, 0.25) is 0 Å². The fraction of sp³-hybridized carbons (Fsp3) is 0.833. The van der Waals surface area contributed by atoms with Crippen molar-refractivity contribution in [2.45, 2.75) is 18.8 Å². The van der Waals surface area contributed by atoms with E-state index in [1.165, 1.54) is 0 Å². The molecule has 1 saturated heterocycles. The van der Waals surface area contributed by atoms with Crippen molar-refractivity contribution in [1.82, 2.24) is 5.32 Å². The van der Waals surface area contributed by atoms with Crippen LogP contribution in [0.1, 0.15) is 6.42 Å². The van der Waals surface area contributed by atoms with Gasteiger partial charge in [0, 0.05) is 13.0 Å². The normalized spacial score (nSPS) is 28.2. The number of carbonyl (C=O) groups is 1. The summed E-state index contributed by atoms with van der Waals surface area (Å²) >= 11 is 0. The fourth-order valence-corrected chi connectivity index (χ4v) is 0.687. The molecule has 2 unspecified atom stereocenters. The van der Waals surface area contributed by atoms with Gasteiger partial charge >= 0.3 is 0 Å². The monoisotopic (exact) mass is 161 g/mol. The zero-order chi connectivity index (χ0) is 8.27. The molecular formula is C6H11NO4. The van der Waals surface area contributed by atoms with Crippen molar-refractivity contribution in [3.63, 3.8) is 0 Å². The van der Waals surface area contributed by atoms with Gasteiger partial charge in [0.05, 0.1) is 6.61 Å². The van der Waals surface area contributed by atoms with Crippen molar-refractivity contribution in [1.29, 1.82) is 0 Å². The Morgan fingerprint density at radius 2 is 2.27 bits per heavy atom. The van der Waals surface area contributed by atoms with Crippen molar-refractivity contribution in [3.8, 4) is 0 Å².